The first kappa shape index (κ1) is 25.9. The van der Waals surface area contributed by atoms with Crippen molar-refractivity contribution < 1.29 is 31.1 Å². The highest BCUT2D eigenvalue weighted by Crippen LogP contribution is 2.45. The summed E-state index contributed by atoms with van der Waals surface area (Å²) in [6.45, 7) is 1.55. The van der Waals surface area contributed by atoms with Crippen molar-refractivity contribution in [2.75, 3.05) is 11.1 Å². The summed E-state index contributed by atoms with van der Waals surface area (Å²) in [5, 5.41) is 11.8. The largest absolute Gasteiger partial charge is 0.453 e. The van der Waals surface area contributed by atoms with Crippen molar-refractivity contribution in [3.8, 4) is 17.6 Å². The minimum atomic E-state index is -5.76. The summed E-state index contributed by atoms with van der Waals surface area (Å²) >= 11 is 0. The lowest BCUT2D eigenvalue weighted by atomic mass is 9.78. The number of aromatic nitrogens is 5. The van der Waals surface area contributed by atoms with Gasteiger partial charge in [-0.25, -0.2) is 24.3 Å². The zero-order valence-electron chi connectivity index (χ0n) is 19.8. The molecule has 3 N–H and O–H groups in total. The van der Waals surface area contributed by atoms with Crippen molar-refractivity contribution in [2.45, 2.75) is 37.3 Å². The molecule has 1 aromatic carbocycles. The molecule has 1 atom stereocenters. The van der Waals surface area contributed by atoms with E-state index >= 15 is 0 Å². The van der Waals surface area contributed by atoms with E-state index in [0.29, 0.717) is 5.56 Å². The van der Waals surface area contributed by atoms with Gasteiger partial charge >= 0.3 is 12.1 Å². The Morgan fingerprint density at radius 1 is 1.08 bits per heavy atom. The Morgan fingerprint density at radius 3 is 2.41 bits per heavy atom. The van der Waals surface area contributed by atoms with E-state index in [9.17, 15) is 36.4 Å². The van der Waals surface area contributed by atoms with Crippen LogP contribution in [-0.2, 0) is 16.6 Å². The van der Waals surface area contributed by atoms with E-state index in [1.807, 2.05) is 0 Å². The third-order valence-electron chi connectivity index (χ3n) is 6.49. The zero-order valence-corrected chi connectivity index (χ0v) is 19.8. The Labute approximate surface area is 215 Å². The van der Waals surface area contributed by atoms with Crippen LogP contribution in [0.5, 0.6) is 0 Å². The number of anilines is 2. The van der Waals surface area contributed by atoms with Crippen LogP contribution in [0.2, 0.25) is 0 Å². The molecular formula is C24H16F6N8O. The molecule has 1 aliphatic rings. The van der Waals surface area contributed by atoms with E-state index in [4.69, 9.17) is 5.73 Å². The van der Waals surface area contributed by atoms with E-state index in [0.717, 1.165) is 0 Å². The van der Waals surface area contributed by atoms with Crippen LogP contribution in [0, 0.1) is 17.1 Å². The Hall–Kier alpha value is -4.74. The average molecular weight is 546 g/mol. The molecule has 1 aliphatic heterocycles. The summed E-state index contributed by atoms with van der Waals surface area (Å²) in [6, 6.07) is 6.96. The molecule has 0 bridgehead atoms. The van der Waals surface area contributed by atoms with Crippen molar-refractivity contribution in [3.63, 3.8) is 0 Å². The third-order valence-corrected chi connectivity index (χ3v) is 6.49. The van der Waals surface area contributed by atoms with E-state index in [-0.39, 0.29) is 45.8 Å². The summed E-state index contributed by atoms with van der Waals surface area (Å²) in [4.78, 5) is 29.6. The number of nitrogens with zero attached hydrogens (tertiary/aromatic N) is 6. The Balaban J connectivity index is 1.60. The zero-order chi connectivity index (χ0) is 28.3. The van der Waals surface area contributed by atoms with Crippen molar-refractivity contribution in [1.29, 1.82) is 5.26 Å². The molecule has 0 radical (unpaired) electrons. The molecular weight excluding hydrogens is 530 g/mol. The molecule has 0 aliphatic carbocycles. The fourth-order valence-corrected chi connectivity index (χ4v) is 4.39. The Bertz CT molecular complexity index is 1680. The normalized spacial score (nSPS) is 17.2. The number of carbonyl (C=O) groups excluding carboxylic acids is 1. The molecule has 0 spiro atoms. The van der Waals surface area contributed by atoms with Gasteiger partial charge in [0.2, 0.25) is 5.91 Å². The number of halogens is 6. The average Bonchev–Trinajstić information content (AvgIpc) is 3.40. The molecule has 4 heterocycles. The molecule has 1 amide bonds. The fraction of sp³-hybridized carbons (Fsp3) is 0.250. The predicted octanol–water partition coefficient (Wildman–Crippen LogP) is 4.17. The molecule has 1 unspecified atom stereocenters. The number of amides is 1. The first-order valence-electron chi connectivity index (χ1n) is 11.2. The smallest absolute Gasteiger partial charge is 0.383 e. The monoisotopic (exact) mass is 546 g/mol. The lowest BCUT2D eigenvalue weighted by molar-refractivity contribution is -0.284. The lowest BCUT2D eigenvalue weighted by Gasteiger charge is -2.23. The third kappa shape index (κ3) is 4.17. The fourth-order valence-electron chi connectivity index (χ4n) is 4.39. The minimum absolute atomic E-state index is 0.0183. The van der Waals surface area contributed by atoms with Crippen LogP contribution in [0.15, 0.2) is 36.7 Å². The van der Waals surface area contributed by atoms with E-state index in [1.54, 1.807) is 13.0 Å². The SMILES string of the molecule is CC1(c2ccc(F)cc2)C(=O)Nc2nc(-c3cn4cc(C#N)nc4c(CCC(F)(F)C(F)(F)F)n3)nc(N)c21. The molecule has 9 nitrogen and oxygen atoms in total. The van der Waals surface area contributed by atoms with Crippen LogP contribution in [0.1, 0.15) is 35.9 Å². The summed E-state index contributed by atoms with van der Waals surface area (Å²) < 4.78 is 80.2. The highest BCUT2D eigenvalue weighted by Gasteiger charge is 2.56. The maximum absolute atomic E-state index is 13.7. The van der Waals surface area contributed by atoms with Gasteiger partial charge in [0.15, 0.2) is 17.2 Å². The molecule has 0 fully saturated rings. The topological polar surface area (TPSA) is 135 Å². The molecule has 15 heteroatoms. The maximum Gasteiger partial charge on any atom is 0.453 e. The van der Waals surface area contributed by atoms with Gasteiger partial charge < -0.3 is 15.5 Å². The number of aryl methyl sites for hydroxylation is 1. The summed E-state index contributed by atoms with van der Waals surface area (Å²) in [5.74, 6) is -6.32. The van der Waals surface area contributed by atoms with Crippen LogP contribution >= 0.6 is 0 Å². The Kier molecular flexibility index (Phi) is 5.74. The minimum Gasteiger partial charge on any atom is -0.383 e. The van der Waals surface area contributed by atoms with Crippen LogP contribution in [0.4, 0.5) is 38.0 Å². The van der Waals surface area contributed by atoms with Crippen molar-refractivity contribution in [1.82, 2.24) is 24.3 Å². The molecule has 5 rings (SSSR count). The molecule has 0 saturated carbocycles. The number of rotatable bonds is 5. The number of hydrogen-bond donors (Lipinski definition) is 2. The van der Waals surface area contributed by atoms with Gasteiger partial charge in [-0.2, -0.15) is 27.2 Å². The second-order valence-electron chi connectivity index (χ2n) is 8.99. The van der Waals surface area contributed by atoms with Crippen LogP contribution in [0.3, 0.4) is 0 Å². The van der Waals surface area contributed by atoms with Crippen LogP contribution in [0.25, 0.3) is 17.2 Å². The highest BCUT2D eigenvalue weighted by molar-refractivity contribution is 6.09. The van der Waals surface area contributed by atoms with Crippen molar-refractivity contribution in [2.24, 2.45) is 0 Å². The molecule has 0 saturated heterocycles. The molecule has 39 heavy (non-hydrogen) atoms. The molecule has 4 aromatic rings. The van der Waals surface area contributed by atoms with Gasteiger partial charge in [-0.05, 0) is 31.0 Å². The first-order chi connectivity index (χ1) is 18.2. The molecule has 200 valence electrons. The van der Waals surface area contributed by atoms with Crippen LogP contribution in [-0.4, -0.2) is 42.3 Å². The van der Waals surface area contributed by atoms with E-state index < -0.39 is 42.1 Å². The van der Waals surface area contributed by atoms with Gasteiger partial charge in [0, 0.05) is 18.8 Å². The highest BCUT2D eigenvalue weighted by atomic mass is 19.4. The number of carbonyl (C=O) groups is 1. The number of nitrogen functional groups attached to an aromatic ring is 1. The first-order valence-corrected chi connectivity index (χ1v) is 11.2. The second-order valence-corrected chi connectivity index (χ2v) is 8.99. The number of fused-ring (bicyclic) bond motifs is 2. The predicted molar refractivity (Wildman–Crippen MR) is 124 cm³/mol. The number of imidazole rings is 1. The molecule has 3 aromatic heterocycles. The number of nitrogens with one attached hydrogen (secondary N) is 1. The van der Waals surface area contributed by atoms with Gasteiger partial charge in [0.25, 0.3) is 0 Å². The van der Waals surface area contributed by atoms with Crippen LogP contribution < -0.4 is 11.1 Å². The van der Waals surface area contributed by atoms with Gasteiger partial charge in [-0.1, -0.05) is 12.1 Å². The van der Waals surface area contributed by atoms with Gasteiger partial charge in [0.05, 0.1) is 11.3 Å². The van der Waals surface area contributed by atoms with Gasteiger partial charge in [0.1, 0.15) is 34.6 Å². The number of nitrogens with two attached hydrogens (primary N) is 1. The number of benzene rings is 1. The van der Waals surface area contributed by atoms with Gasteiger partial charge in [-0.15, -0.1) is 0 Å². The number of nitriles is 1. The maximum atomic E-state index is 13.7. The summed E-state index contributed by atoms with van der Waals surface area (Å²) in [6.07, 6.45) is -5.69. The van der Waals surface area contributed by atoms with Crippen molar-refractivity contribution >= 4 is 23.2 Å². The van der Waals surface area contributed by atoms with E-state index in [1.165, 1.54) is 41.1 Å². The van der Waals surface area contributed by atoms with Crippen molar-refractivity contribution in [3.05, 3.63) is 65.0 Å². The van der Waals surface area contributed by atoms with E-state index in [2.05, 4.69) is 25.3 Å². The standard InChI is InChI=1S/C24H16F6N8O/c1-22(11-2-4-12(25)5-3-11)16-17(32)35-18(36-19(16)37-21(22)39)15-10-38-9-13(8-31)33-20(38)14(34-15)6-7-23(26,27)24(28,29)30/h2-5,9-10H,6-7H2,1H3,(H3,32,35,36,37,39). The van der Waals surface area contributed by atoms with Gasteiger partial charge in [-0.3, -0.25) is 4.79 Å². The summed E-state index contributed by atoms with van der Waals surface area (Å²) in [5.41, 5.74) is 4.90. The lowest BCUT2D eigenvalue weighted by Crippen LogP contribution is -2.36. The number of hydrogen-bond acceptors (Lipinski definition) is 7. The summed E-state index contributed by atoms with van der Waals surface area (Å²) in [7, 11) is 0. The second kappa shape index (κ2) is 8.65. The quantitative estimate of drug-likeness (QED) is 0.359. The Morgan fingerprint density at radius 2 is 1.77 bits per heavy atom. The number of alkyl halides is 5.